The molecule has 146 valence electrons. The largest absolute Gasteiger partial charge is 0.497 e. The molecule has 0 spiro atoms. The molecule has 1 atom stereocenters. The molecule has 0 saturated carbocycles. The summed E-state index contributed by atoms with van der Waals surface area (Å²) in [6, 6.07) is 12.0. The number of hydrogen-bond donors (Lipinski definition) is 1. The Hall–Kier alpha value is -3.22. The molecule has 0 bridgehead atoms. The Morgan fingerprint density at radius 1 is 1.18 bits per heavy atom. The fraction of sp³-hybridized carbons (Fsp3) is 0.286. The molecule has 2 aromatic rings. The summed E-state index contributed by atoms with van der Waals surface area (Å²) in [4.78, 5) is 38.3. The van der Waals surface area contributed by atoms with Crippen LogP contribution in [0, 0.1) is 5.82 Å². The monoisotopic (exact) mass is 384 g/mol. The number of ether oxygens (including phenoxy) is 1. The SMILES string of the molecule is COc1ccc(CC[C@]2(C)NC(=O)N(CC(=O)c3cccc(F)c3)C2=O)cc1. The highest BCUT2D eigenvalue weighted by Gasteiger charge is 2.47. The Labute approximate surface area is 162 Å². The minimum Gasteiger partial charge on any atom is -0.497 e. The lowest BCUT2D eigenvalue weighted by atomic mass is 9.93. The molecule has 1 saturated heterocycles. The van der Waals surface area contributed by atoms with E-state index in [4.69, 9.17) is 4.74 Å². The van der Waals surface area contributed by atoms with Gasteiger partial charge in [-0.25, -0.2) is 9.18 Å². The number of carbonyl (C=O) groups excluding carboxylic acids is 3. The lowest BCUT2D eigenvalue weighted by molar-refractivity contribution is -0.130. The van der Waals surface area contributed by atoms with Gasteiger partial charge < -0.3 is 10.1 Å². The Morgan fingerprint density at radius 3 is 2.54 bits per heavy atom. The van der Waals surface area contributed by atoms with E-state index in [-0.39, 0.29) is 5.56 Å². The molecule has 0 aromatic heterocycles. The normalized spacial score (nSPS) is 18.9. The number of aryl methyl sites for hydroxylation is 1. The van der Waals surface area contributed by atoms with Crippen molar-refractivity contribution >= 4 is 17.7 Å². The van der Waals surface area contributed by atoms with Gasteiger partial charge in [-0.1, -0.05) is 24.3 Å². The summed E-state index contributed by atoms with van der Waals surface area (Å²) in [6.07, 6.45) is 0.951. The Kier molecular flexibility index (Phi) is 5.44. The number of carbonyl (C=O) groups is 3. The molecule has 1 aliphatic rings. The van der Waals surface area contributed by atoms with Crippen molar-refractivity contribution in [3.05, 3.63) is 65.5 Å². The summed E-state index contributed by atoms with van der Waals surface area (Å²) in [6.45, 7) is 1.22. The van der Waals surface area contributed by atoms with Gasteiger partial charge in [0.15, 0.2) is 5.78 Å². The molecule has 7 heteroatoms. The first-order chi connectivity index (χ1) is 13.3. The van der Waals surface area contributed by atoms with Gasteiger partial charge in [0.2, 0.25) is 0 Å². The highest BCUT2D eigenvalue weighted by molar-refractivity contribution is 6.11. The number of methoxy groups -OCH3 is 1. The zero-order valence-corrected chi connectivity index (χ0v) is 15.7. The average Bonchev–Trinajstić information content (AvgIpc) is 2.90. The van der Waals surface area contributed by atoms with Crippen LogP contribution in [0.5, 0.6) is 5.75 Å². The molecule has 1 aliphatic heterocycles. The standard InChI is InChI=1S/C21H21FN2O4/c1-21(11-10-14-6-8-17(28-2)9-7-14)19(26)24(20(27)23-21)13-18(25)15-4-3-5-16(22)12-15/h3-9,12H,10-11,13H2,1-2H3,(H,23,27)/t21-/m0/s1. The van der Waals surface area contributed by atoms with Crippen LogP contribution in [0.25, 0.3) is 0 Å². The maximum absolute atomic E-state index is 13.3. The number of benzene rings is 2. The first-order valence-electron chi connectivity index (χ1n) is 8.88. The highest BCUT2D eigenvalue weighted by Crippen LogP contribution is 2.24. The fourth-order valence-electron chi connectivity index (χ4n) is 3.14. The molecule has 6 nitrogen and oxygen atoms in total. The third-order valence-electron chi connectivity index (χ3n) is 4.87. The molecule has 1 fully saturated rings. The zero-order valence-electron chi connectivity index (χ0n) is 15.7. The van der Waals surface area contributed by atoms with E-state index < -0.39 is 35.6 Å². The summed E-state index contributed by atoms with van der Waals surface area (Å²) in [7, 11) is 1.59. The molecule has 2 aromatic carbocycles. The predicted molar refractivity (Wildman–Crippen MR) is 101 cm³/mol. The number of Topliss-reactive ketones (excluding diaryl/α,β-unsaturated/α-hetero) is 1. The second-order valence-electron chi connectivity index (χ2n) is 6.94. The van der Waals surface area contributed by atoms with Crippen LogP contribution in [-0.2, 0) is 11.2 Å². The van der Waals surface area contributed by atoms with Crippen LogP contribution in [0.4, 0.5) is 9.18 Å². The molecular weight excluding hydrogens is 363 g/mol. The number of rotatable bonds is 7. The molecule has 28 heavy (non-hydrogen) atoms. The number of imide groups is 1. The summed E-state index contributed by atoms with van der Waals surface area (Å²) in [5.41, 5.74) is 0.0185. The highest BCUT2D eigenvalue weighted by atomic mass is 19.1. The van der Waals surface area contributed by atoms with E-state index in [1.165, 1.54) is 18.2 Å². The van der Waals surface area contributed by atoms with Gasteiger partial charge in [-0.3, -0.25) is 14.5 Å². The van der Waals surface area contributed by atoms with Crippen LogP contribution in [0.1, 0.15) is 29.3 Å². The molecule has 3 amide bonds. The van der Waals surface area contributed by atoms with Gasteiger partial charge in [0.05, 0.1) is 13.7 Å². The minimum absolute atomic E-state index is 0.118. The third-order valence-corrected chi connectivity index (χ3v) is 4.87. The lowest BCUT2D eigenvalue weighted by Gasteiger charge is -2.21. The topological polar surface area (TPSA) is 75.7 Å². The van der Waals surface area contributed by atoms with Crippen LogP contribution >= 0.6 is 0 Å². The van der Waals surface area contributed by atoms with E-state index in [0.717, 1.165) is 22.3 Å². The molecule has 0 aliphatic carbocycles. The van der Waals surface area contributed by atoms with Crippen molar-refractivity contribution in [1.82, 2.24) is 10.2 Å². The number of hydrogen-bond acceptors (Lipinski definition) is 4. The summed E-state index contributed by atoms with van der Waals surface area (Å²) in [5, 5.41) is 2.68. The van der Waals surface area contributed by atoms with Crippen molar-refractivity contribution < 1.29 is 23.5 Å². The van der Waals surface area contributed by atoms with Gasteiger partial charge in [0.1, 0.15) is 17.1 Å². The first-order valence-corrected chi connectivity index (χ1v) is 8.88. The number of nitrogens with one attached hydrogen (secondary N) is 1. The van der Waals surface area contributed by atoms with E-state index in [1.54, 1.807) is 14.0 Å². The average molecular weight is 384 g/mol. The molecule has 0 radical (unpaired) electrons. The van der Waals surface area contributed by atoms with Crippen molar-refractivity contribution in [2.45, 2.75) is 25.3 Å². The quantitative estimate of drug-likeness (QED) is 0.588. The minimum atomic E-state index is -1.10. The molecular formula is C21H21FN2O4. The smallest absolute Gasteiger partial charge is 0.325 e. The number of urea groups is 1. The predicted octanol–water partition coefficient (Wildman–Crippen LogP) is 2.96. The van der Waals surface area contributed by atoms with Crippen molar-refractivity contribution in [2.24, 2.45) is 0 Å². The van der Waals surface area contributed by atoms with Crippen LogP contribution < -0.4 is 10.1 Å². The van der Waals surface area contributed by atoms with E-state index >= 15 is 0 Å². The van der Waals surface area contributed by atoms with Crippen LogP contribution in [0.2, 0.25) is 0 Å². The maximum atomic E-state index is 13.3. The first kappa shape index (κ1) is 19.5. The van der Waals surface area contributed by atoms with Crippen molar-refractivity contribution in [1.29, 1.82) is 0 Å². The number of amides is 3. The second kappa shape index (κ2) is 7.80. The van der Waals surface area contributed by atoms with Crippen LogP contribution in [0.15, 0.2) is 48.5 Å². The van der Waals surface area contributed by atoms with Crippen molar-refractivity contribution in [3.8, 4) is 5.75 Å². The van der Waals surface area contributed by atoms with Crippen molar-refractivity contribution in [3.63, 3.8) is 0 Å². The number of nitrogens with zero attached hydrogens (tertiary/aromatic N) is 1. The van der Waals surface area contributed by atoms with E-state index in [0.29, 0.717) is 12.8 Å². The summed E-state index contributed by atoms with van der Waals surface area (Å²) in [5.74, 6) is -0.771. The third kappa shape index (κ3) is 4.03. The van der Waals surface area contributed by atoms with E-state index in [2.05, 4.69) is 5.32 Å². The van der Waals surface area contributed by atoms with Gasteiger partial charge in [0.25, 0.3) is 5.91 Å². The molecule has 1 N–H and O–H groups in total. The molecule has 3 rings (SSSR count). The van der Waals surface area contributed by atoms with Crippen LogP contribution in [-0.4, -0.2) is 41.8 Å². The Morgan fingerprint density at radius 2 is 1.89 bits per heavy atom. The van der Waals surface area contributed by atoms with Gasteiger partial charge >= 0.3 is 6.03 Å². The molecule has 1 heterocycles. The molecule has 0 unspecified atom stereocenters. The maximum Gasteiger partial charge on any atom is 0.325 e. The van der Waals surface area contributed by atoms with Crippen molar-refractivity contribution in [2.75, 3.05) is 13.7 Å². The Balaban J connectivity index is 1.66. The van der Waals surface area contributed by atoms with Crippen LogP contribution in [0.3, 0.4) is 0 Å². The Bertz CT molecular complexity index is 913. The summed E-state index contributed by atoms with van der Waals surface area (Å²) < 4.78 is 18.4. The number of ketones is 1. The lowest BCUT2D eigenvalue weighted by Crippen LogP contribution is -2.44. The zero-order chi connectivity index (χ0) is 20.3. The van der Waals surface area contributed by atoms with Gasteiger partial charge in [-0.05, 0) is 49.6 Å². The van der Waals surface area contributed by atoms with E-state index in [9.17, 15) is 18.8 Å². The van der Waals surface area contributed by atoms with Gasteiger partial charge in [0, 0.05) is 5.56 Å². The van der Waals surface area contributed by atoms with Gasteiger partial charge in [-0.15, -0.1) is 0 Å². The fourth-order valence-corrected chi connectivity index (χ4v) is 3.14. The second-order valence-corrected chi connectivity index (χ2v) is 6.94. The van der Waals surface area contributed by atoms with Gasteiger partial charge in [-0.2, -0.15) is 0 Å². The summed E-state index contributed by atoms with van der Waals surface area (Å²) >= 11 is 0. The number of halogens is 1. The van der Waals surface area contributed by atoms with E-state index in [1.807, 2.05) is 24.3 Å².